The van der Waals surface area contributed by atoms with E-state index in [1.165, 1.54) is 17.0 Å². The smallest absolute Gasteiger partial charge is 0.417 e. The van der Waals surface area contributed by atoms with Crippen LogP contribution < -0.4 is 0 Å². The van der Waals surface area contributed by atoms with Crippen molar-refractivity contribution in [1.29, 1.82) is 0 Å². The van der Waals surface area contributed by atoms with Gasteiger partial charge in [0.2, 0.25) is 11.9 Å². The highest BCUT2D eigenvalue weighted by Crippen LogP contribution is 2.27. The van der Waals surface area contributed by atoms with Crippen molar-refractivity contribution >= 4 is 41.4 Å². The molecule has 0 aromatic rings. The molecule has 3 heterocycles. The first-order valence-corrected chi connectivity index (χ1v) is 10.5. The molecule has 3 aliphatic heterocycles. The van der Waals surface area contributed by atoms with E-state index in [1.54, 1.807) is 18.4 Å². The van der Waals surface area contributed by atoms with Crippen molar-refractivity contribution < 1.29 is 33.2 Å². The number of hydrogen-bond acceptors (Lipinski definition) is 9. The molecular weight excluding hydrogens is 420 g/mol. The van der Waals surface area contributed by atoms with Gasteiger partial charge in [0.15, 0.2) is 6.54 Å². The van der Waals surface area contributed by atoms with Crippen LogP contribution in [0.5, 0.6) is 0 Å². The van der Waals surface area contributed by atoms with Crippen LogP contribution in [0.4, 0.5) is 4.79 Å². The van der Waals surface area contributed by atoms with E-state index in [-0.39, 0.29) is 43.5 Å². The first-order valence-electron chi connectivity index (χ1n) is 10.5. The van der Waals surface area contributed by atoms with Crippen LogP contribution in [0, 0.1) is 5.41 Å². The van der Waals surface area contributed by atoms with Crippen LogP contribution >= 0.6 is 0 Å². The number of hydrogen-bond donors (Lipinski definition) is 0. The van der Waals surface area contributed by atoms with Crippen LogP contribution in [-0.4, -0.2) is 107 Å². The van der Waals surface area contributed by atoms with Gasteiger partial charge in [-0.3, -0.25) is 14.5 Å². The zero-order chi connectivity index (χ0) is 23.8. The Kier molecular flexibility index (Phi) is 6.33. The van der Waals surface area contributed by atoms with E-state index < -0.39 is 36.5 Å². The molecule has 0 radical (unpaired) electrons. The number of nitrogens with zero attached hydrogens (tertiary/aromatic N) is 6. The largest absolute Gasteiger partial charge is 0.465 e. The number of fused-ring (bicyclic) bond motifs is 2. The number of guanidine groups is 1. The third-order valence-corrected chi connectivity index (χ3v) is 5.22. The molecule has 0 aromatic carbocycles. The number of esters is 2. The molecule has 32 heavy (non-hydrogen) atoms. The average molecular weight is 449 g/mol. The number of amidine groups is 1. The SMILES string of the molecule is CCOC(=O)CN1N=C(C(C)(C)C)C[N+]2=C1N=C1C2C(=O)N(CC(=O)OCC)C(=O)N1C. The molecule has 12 heteroatoms. The Morgan fingerprint density at radius 2 is 1.69 bits per heavy atom. The average Bonchev–Trinajstić information content (AvgIpc) is 3.09. The van der Waals surface area contributed by atoms with Gasteiger partial charge in [0.1, 0.15) is 13.1 Å². The summed E-state index contributed by atoms with van der Waals surface area (Å²) < 4.78 is 11.7. The van der Waals surface area contributed by atoms with Crippen LogP contribution in [0.1, 0.15) is 34.6 Å². The highest BCUT2D eigenvalue weighted by atomic mass is 16.5. The Morgan fingerprint density at radius 3 is 2.25 bits per heavy atom. The second kappa shape index (κ2) is 8.67. The predicted octanol–water partition coefficient (Wildman–Crippen LogP) is -0.126. The lowest BCUT2D eigenvalue weighted by Gasteiger charge is -2.34. The summed E-state index contributed by atoms with van der Waals surface area (Å²) in [7, 11) is 1.49. The molecule has 1 unspecified atom stereocenters. The normalized spacial score (nSPS) is 20.7. The van der Waals surface area contributed by atoms with Crippen molar-refractivity contribution in [3.63, 3.8) is 0 Å². The van der Waals surface area contributed by atoms with Gasteiger partial charge in [-0.05, 0) is 13.8 Å². The van der Waals surface area contributed by atoms with Gasteiger partial charge >= 0.3 is 23.9 Å². The van der Waals surface area contributed by atoms with Gasteiger partial charge < -0.3 is 9.47 Å². The number of carbonyl (C=O) groups excluding carboxylic acids is 4. The fourth-order valence-corrected chi connectivity index (χ4v) is 3.56. The standard InChI is InChI=1S/C20H29N6O6/c1-7-31-13(27)10-25-17(29)15-16(23(6)19(25)30)21-18-24(15)9-12(20(3,4)5)22-26(18)11-14(28)32-8-2/h15H,7-11H2,1-6H3/q+1. The molecule has 3 aliphatic rings. The number of urea groups is 1. The van der Waals surface area contributed by atoms with Crippen molar-refractivity contribution in [2.75, 3.05) is 39.9 Å². The third kappa shape index (κ3) is 4.21. The Labute approximate surface area is 186 Å². The maximum Gasteiger partial charge on any atom is 0.417 e. The Bertz CT molecular complexity index is 947. The lowest BCUT2D eigenvalue weighted by molar-refractivity contribution is -0.528. The molecule has 3 rings (SSSR count). The van der Waals surface area contributed by atoms with Crippen molar-refractivity contribution in [3.05, 3.63) is 0 Å². The first kappa shape index (κ1) is 23.4. The summed E-state index contributed by atoms with van der Waals surface area (Å²) in [4.78, 5) is 56.9. The molecule has 1 fully saturated rings. The first-order chi connectivity index (χ1) is 15.0. The van der Waals surface area contributed by atoms with Gasteiger partial charge in [-0.25, -0.2) is 19.1 Å². The fourth-order valence-electron chi connectivity index (χ4n) is 3.56. The number of ether oxygens (including phenoxy) is 2. The van der Waals surface area contributed by atoms with E-state index in [0.29, 0.717) is 0 Å². The van der Waals surface area contributed by atoms with Gasteiger partial charge in [0.25, 0.3) is 5.91 Å². The molecule has 12 nitrogen and oxygen atoms in total. The summed E-state index contributed by atoms with van der Waals surface area (Å²) >= 11 is 0. The molecule has 174 valence electrons. The fraction of sp³-hybridized carbons (Fsp3) is 0.650. The summed E-state index contributed by atoms with van der Waals surface area (Å²) in [5.41, 5.74) is 0.372. The molecule has 1 saturated heterocycles. The van der Waals surface area contributed by atoms with E-state index in [2.05, 4.69) is 10.1 Å². The predicted molar refractivity (Wildman–Crippen MR) is 113 cm³/mol. The summed E-state index contributed by atoms with van der Waals surface area (Å²) in [5, 5.41) is 6.00. The maximum atomic E-state index is 13.3. The van der Waals surface area contributed by atoms with E-state index >= 15 is 0 Å². The van der Waals surface area contributed by atoms with Crippen molar-refractivity contribution in [3.8, 4) is 0 Å². The molecule has 0 saturated carbocycles. The zero-order valence-corrected chi connectivity index (χ0v) is 19.2. The van der Waals surface area contributed by atoms with E-state index in [4.69, 9.17) is 9.47 Å². The number of aliphatic imine (C=N–C) groups is 1. The molecule has 0 aliphatic carbocycles. The molecule has 3 amide bonds. The number of amides is 3. The quantitative estimate of drug-likeness (QED) is 0.409. The van der Waals surface area contributed by atoms with E-state index in [9.17, 15) is 19.2 Å². The van der Waals surface area contributed by atoms with Gasteiger partial charge in [0, 0.05) is 12.5 Å². The van der Waals surface area contributed by atoms with Crippen LogP contribution in [0.2, 0.25) is 0 Å². The Morgan fingerprint density at radius 1 is 1.09 bits per heavy atom. The second-order valence-electron chi connectivity index (χ2n) is 8.53. The van der Waals surface area contributed by atoms with Crippen LogP contribution in [0.25, 0.3) is 0 Å². The highest BCUT2D eigenvalue weighted by molar-refractivity contribution is 6.23. The third-order valence-electron chi connectivity index (χ3n) is 5.22. The summed E-state index contributed by atoms with van der Waals surface area (Å²) in [5.74, 6) is -1.26. The lowest BCUT2D eigenvalue weighted by atomic mass is 9.89. The monoisotopic (exact) mass is 449 g/mol. The molecular formula is C20H29N6O6+. The highest BCUT2D eigenvalue weighted by Gasteiger charge is 2.55. The number of likely N-dealkylation sites (N-methyl/N-ethyl adjacent to an activating group) is 1. The molecule has 0 bridgehead atoms. The number of hydrazone groups is 1. The van der Waals surface area contributed by atoms with Crippen molar-refractivity contribution in [2.45, 2.75) is 40.7 Å². The van der Waals surface area contributed by atoms with E-state index in [1.807, 2.05) is 20.8 Å². The molecule has 0 N–H and O–H groups in total. The second-order valence-corrected chi connectivity index (χ2v) is 8.53. The maximum absolute atomic E-state index is 13.3. The molecule has 0 spiro atoms. The number of carbonyl (C=O) groups is 4. The van der Waals surface area contributed by atoms with Crippen LogP contribution in [-0.2, 0) is 23.9 Å². The zero-order valence-electron chi connectivity index (χ0n) is 19.2. The topological polar surface area (TPSA) is 124 Å². The summed E-state index contributed by atoms with van der Waals surface area (Å²) in [6.07, 6.45) is 0. The Hall–Kier alpha value is -3.31. The lowest BCUT2D eigenvalue weighted by Crippen LogP contribution is -2.64. The van der Waals surface area contributed by atoms with E-state index in [0.717, 1.165) is 10.6 Å². The Balaban J connectivity index is 1.99. The summed E-state index contributed by atoms with van der Waals surface area (Å²) in [6, 6.07) is -1.60. The van der Waals surface area contributed by atoms with Gasteiger partial charge in [-0.1, -0.05) is 25.8 Å². The van der Waals surface area contributed by atoms with Gasteiger partial charge in [0.05, 0.1) is 18.9 Å². The minimum atomic E-state index is -0.931. The van der Waals surface area contributed by atoms with Crippen molar-refractivity contribution in [1.82, 2.24) is 14.8 Å². The molecule has 0 aromatic heterocycles. The minimum absolute atomic E-state index is 0.138. The number of imide groups is 1. The number of rotatable bonds is 6. The molecule has 1 atom stereocenters. The van der Waals surface area contributed by atoms with Crippen LogP contribution in [0.3, 0.4) is 0 Å². The summed E-state index contributed by atoms with van der Waals surface area (Å²) in [6.45, 7) is 9.23. The minimum Gasteiger partial charge on any atom is -0.465 e. The van der Waals surface area contributed by atoms with Gasteiger partial charge in [-0.15, -0.1) is 10.1 Å². The van der Waals surface area contributed by atoms with Gasteiger partial charge in [-0.2, -0.15) is 0 Å². The van der Waals surface area contributed by atoms with Crippen LogP contribution in [0.15, 0.2) is 10.1 Å². The van der Waals surface area contributed by atoms with Crippen molar-refractivity contribution in [2.24, 2.45) is 15.5 Å².